The summed E-state index contributed by atoms with van der Waals surface area (Å²) in [5.74, 6) is -0.970. The number of nitrogens with zero attached hydrogens (tertiary/aromatic N) is 1. The lowest BCUT2D eigenvalue weighted by Crippen LogP contribution is -2.27. The smallest absolute Gasteiger partial charge is 0.268 e. The highest BCUT2D eigenvalue weighted by Gasteiger charge is 2.35. The van der Waals surface area contributed by atoms with Crippen LogP contribution in [0.15, 0.2) is 41.3 Å². The molecule has 0 spiro atoms. The van der Waals surface area contributed by atoms with Crippen molar-refractivity contribution >= 4 is 63.8 Å². The van der Waals surface area contributed by atoms with Crippen LogP contribution in [0.2, 0.25) is 15.1 Å². The normalized spacial score (nSPS) is 16.2. The molecular weight excluding hydrogens is 408 g/mol. The van der Waals surface area contributed by atoms with Gasteiger partial charge >= 0.3 is 0 Å². The van der Waals surface area contributed by atoms with E-state index in [0.717, 1.165) is 22.7 Å². The highest BCUT2D eigenvalue weighted by Crippen LogP contribution is 2.36. The first-order chi connectivity index (χ1) is 11.9. The summed E-state index contributed by atoms with van der Waals surface area (Å²) < 4.78 is 13.1. The summed E-state index contributed by atoms with van der Waals surface area (Å²) in [6.45, 7) is -0.0443. The van der Waals surface area contributed by atoms with Gasteiger partial charge in [-0.25, -0.2) is 4.39 Å². The van der Waals surface area contributed by atoms with Crippen molar-refractivity contribution in [2.45, 2.75) is 6.54 Å². The van der Waals surface area contributed by atoms with Crippen molar-refractivity contribution < 1.29 is 14.0 Å². The Morgan fingerprint density at radius 3 is 2.36 bits per heavy atom. The van der Waals surface area contributed by atoms with Gasteiger partial charge in [-0.1, -0.05) is 46.9 Å². The molecule has 0 N–H and O–H groups in total. The molecule has 0 aliphatic carbocycles. The third-order valence-corrected chi connectivity index (χ3v) is 5.41. The summed E-state index contributed by atoms with van der Waals surface area (Å²) in [7, 11) is 0. The molecule has 8 heteroatoms. The van der Waals surface area contributed by atoms with Crippen molar-refractivity contribution in [1.29, 1.82) is 0 Å². The highest BCUT2D eigenvalue weighted by atomic mass is 35.5. The summed E-state index contributed by atoms with van der Waals surface area (Å²) in [5, 5.41) is 0.457. The molecule has 2 aromatic carbocycles. The Morgan fingerprint density at radius 1 is 1.04 bits per heavy atom. The molecule has 0 unspecified atom stereocenters. The quantitative estimate of drug-likeness (QED) is 0.574. The standard InChI is InChI=1S/C17H9Cl3FNO2S/c18-12-2-1-3-13(19)11(12)7-15-16(23)22(17(24)25-15)8-9-4-5-10(21)6-14(9)20/h1-7H,8H2/b15-7-. The third-order valence-electron chi connectivity index (χ3n) is 3.49. The molecule has 128 valence electrons. The van der Waals surface area contributed by atoms with Crippen molar-refractivity contribution in [1.82, 2.24) is 4.90 Å². The fraction of sp³-hybridized carbons (Fsp3) is 0.0588. The van der Waals surface area contributed by atoms with Gasteiger partial charge in [0.2, 0.25) is 0 Å². The van der Waals surface area contributed by atoms with Crippen LogP contribution in [0.5, 0.6) is 0 Å². The summed E-state index contributed by atoms with van der Waals surface area (Å²) in [6.07, 6.45) is 1.49. The molecule has 0 bridgehead atoms. The molecule has 3 rings (SSSR count). The van der Waals surface area contributed by atoms with Crippen LogP contribution in [0.25, 0.3) is 6.08 Å². The average molecular weight is 417 g/mol. The van der Waals surface area contributed by atoms with E-state index in [1.807, 2.05) is 0 Å². The molecule has 1 aliphatic rings. The van der Waals surface area contributed by atoms with Crippen LogP contribution in [0.3, 0.4) is 0 Å². The summed E-state index contributed by atoms with van der Waals surface area (Å²) in [6, 6.07) is 8.76. The van der Waals surface area contributed by atoms with Gasteiger partial charge in [-0.3, -0.25) is 14.5 Å². The molecule has 1 aliphatic heterocycles. The maximum Gasteiger partial charge on any atom is 0.293 e. The van der Waals surface area contributed by atoms with Crippen LogP contribution in [0.1, 0.15) is 11.1 Å². The Balaban J connectivity index is 1.89. The SMILES string of the molecule is O=C1S/C(=C\c2c(Cl)cccc2Cl)C(=O)N1Cc1ccc(F)cc1Cl. The van der Waals surface area contributed by atoms with E-state index in [9.17, 15) is 14.0 Å². The number of hydrogen-bond acceptors (Lipinski definition) is 3. The number of carbonyl (C=O) groups excluding carboxylic acids is 2. The van der Waals surface area contributed by atoms with Crippen molar-refractivity contribution in [3.63, 3.8) is 0 Å². The second-order valence-corrected chi connectivity index (χ2v) is 7.35. The zero-order valence-electron chi connectivity index (χ0n) is 12.4. The van der Waals surface area contributed by atoms with Gasteiger partial charge in [0.15, 0.2) is 0 Å². The van der Waals surface area contributed by atoms with E-state index in [-0.39, 0.29) is 16.5 Å². The van der Waals surface area contributed by atoms with Crippen LogP contribution >= 0.6 is 46.6 Å². The number of benzene rings is 2. The minimum atomic E-state index is -0.490. The second-order valence-electron chi connectivity index (χ2n) is 5.14. The first-order valence-corrected chi connectivity index (χ1v) is 8.95. The minimum Gasteiger partial charge on any atom is -0.268 e. The summed E-state index contributed by atoms with van der Waals surface area (Å²) in [5.41, 5.74) is 0.943. The molecule has 0 radical (unpaired) electrons. The molecule has 1 saturated heterocycles. The van der Waals surface area contributed by atoms with E-state index in [2.05, 4.69) is 0 Å². The van der Waals surface area contributed by atoms with Gasteiger partial charge in [0.25, 0.3) is 11.1 Å². The van der Waals surface area contributed by atoms with Crippen molar-refractivity contribution in [2.24, 2.45) is 0 Å². The van der Waals surface area contributed by atoms with E-state index < -0.39 is 17.0 Å². The number of halogens is 4. The van der Waals surface area contributed by atoms with Gasteiger partial charge in [-0.05, 0) is 47.7 Å². The van der Waals surface area contributed by atoms with E-state index in [1.165, 1.54) is 18.2 Å². The number of thioether (sulfide) groups is 1. The zero-order valence-corrected chi connectivity index (χ0v) is 15.5. The van der Waals surface area contributed by atoms with E-state index in [1.54, 1.807) is 18.2 Å². The van der Waals surface area contributed by atoms with Gasteiger partial charge in [0, 0.05) is 20.6 Å². The second kappa shape index (κ2) is 7.38. The van der Waals surface area contributed by atoms with Crippen molar-refractivity contribution in [2.75, 3.05) is 0 Å². The van der Waals surface area contributed by atoms with Crippen LogP contribution in [0.4, 0.5) is 9.18 Å². The van der Waals surface area contributed by atoms with E-state index in [0.29, 0.717) is 21.2 Å². The molecule has 1 heterocycles. The molecule has 0 saturated carbocycles. The van der Waals surface area contributed by atoms with E-state index >= 15 is 0 Å². The molecule has 2 aromatic rings. The number of imide groups is 1. The number of rotatable bonds is 3. The van der Waals surface area contributed by atoms with Gasteiger partial charge < -0.3 is 0 Å². The highest BCUT2D eigenvalue weighted by molar-refractivity contribution is 8.18. The lowest BCUT2D eigenvalue weighted by molar-refractivity contribution is -0.123. The predicted octanol–water partition coefficient (Wildman–Crippen LogP) is 6.02. The molecule has 3 nitrogen and oxygen atoms in total. The number of carbonyl (C=O) groups is 2. The van der Waals surface area contributed by atoms with Crippen LogP contribution < -0.4 is 0 Å². The maximum atomic E-state index is 13.1. The molecule has 0 atom stereocenters. The Kier molecular flexibility index (Phi) is 5.39. The van der Waals surface area contributed by atoms with Crippen molar-refractivity contribution in [3.05, 3.63) is 73.3 Å². The zero-order chi connectivity index (χ0) is 18.1. The molecule has 25 heavy (non-hydrogen) atoms. The van der Waals surface area contributed by atoms with Crippen LogP contribution in [-0.4, -0.2) is 16.0 Å². The Labute approximate surface area is 162 Å². The van der Waals surface area contributed by atoms with Crippen LogP contribution in [0, 0.1) is 5.82 Å². The van der Waals surface area contributed by atoms with Crippen LogP contribution in [-0.2, 0) is 11.3 Å². The maximum absolute atomic E-state index is 13.1. The predicted molar refractivity (Wildman–Crippen MR) is 99.4 cm³/mol. The fourth-order valence-corrected chi connectivity index (χ4v) is 3.79. The Morgan fingerprint density at radius 2 is 1.72 bits per heavy atom. The Hall–Kier alpha value is -1.53. The summed E-state index contributed by atoms with van der Waals surface area (Å²) in [4.78, 5) is 26.0. The van der Waals surface area contributed by atoms with Gasteiger partial charge in [-0.2, -0.15) is 0 Å². The molecular formula is C17H9Cl3FNO2S. The van der Waals surface area contributed by atoms with Gasteiger partial charge in [0.1, 0.15) is 5.82 Å². The first kappa shape index (κ1) is 18.3. The van der Waals surface area contributed by atoms with Gasteiger partial charge in [0.05, 0.1) is 11.4 Å². The molecule has 0 aromatic heterocycles. The number of hydrogen-bond donors (Lipinski definition) is 0. The molecule has 2 amide bonds. The summed E-state index contributed by atoms with van der Waals surface area (Å²) >= 11 is 18.9. The lowest BCUT2D eigenvalue weighted by Gasteiger charge is -2.13. The lowest BCUT2D eigenvalue weighted by atomic mass is 10.2. The van der Waals surface area contributed by atoms with E-state index in [4.69, 9.17) is 34.8 Å². The minimum absolute atomic E-state index is 0.0443. The number of amides is 2. The average Bonchev–Trinajstić information content (AvgIpc) is 2.81. The fourth-order valence-electron chi connectivity index (χ4n) is 2.24. The topological polar surface area (TPSA) is 37.4 Å². The third kappa shape index (κ3) is 3.85. The Bertz CT molecular complexity index is 897. The largest absolute Gasteiger partial charge is 0.293 e. The first-order valence-electron chi connectivity index (χ1n) is 7.00. The van der Waals surface area contributed by atoms with Crippen molar-refractivity contribution in [3.8, 4) is 0 Å². The monoisotopic (exact) mass is 415 g/mol. The molecule has 1 fully saturated rings. The van der Waals surface area contributed by atoms with Gasteiger partial charge in [-0.15, -0.1) is 0 Å².